The van der Waals surface area contributed by atoms with Crippen molar-refractivity contribution in [1.29, 1.82) is 0 Å². The second-order valence-corrected chi connectivity index (χ2v) is 5.36. The molecule has 0 fully saturated rings. The molecule has 2 aromatic rings. The van der Waals surface area contributed by atoms with Crippen molar-refractivity contribution in [2.45, 2.75) is 33.1 Å². The predicted octanol–water partition coefficient (Wildman–Crippen LogP) is 1.25. The molecule has 0 unspecified atom stereocenters. The topological polar surface area (TPSA) is 61.0 Å². The van der Waals surface area contributed by atoms with Crippen molar-refractivity contribution in [3.8, 4) is 0 Å². The van der Waals surface area contributed by atoms with Crippen molar-refractivity contribution in [3.05, 3.63) is 42.3 Å². The fourth-order valence-corrected chi connectivity index (χ4v) is 2.31. The van der Waals surface area contributed by atoms with Crippen molar-refractivity contribution in [2.24, 2.45) is 0 Å². The Hall–Kier alpha value is -1.99. The number of ether oxygens (including phenoxy) is 1. The third kappa shape index (κ3) is 4.25. The highest BCUT2D eigenvalue weighted by atomic mass is 16.5. The Balaban J connectivity index is 1.96. The van der Waals surface area contributed by atoms with Crippen LogP contribution in [0, 0.1) is 6.92 Å². The lowest BCUT2D eigenvalue weighted by Crippen LogP contribution is -2.21. The first kappa shape index (κ1) is 16.4. The second-order valence-electron chi connectivity index (χ2n) is 5.36. The van der Waals surface area contributed by atoms with Crippen LogP contribution in [0.5, 0.6) is 0 Å². The predicted molar refractivity (Wildman–Crippen MR) is 84.2 cm³/mol. The van der Waals surface area contributed by atoms with Gasteiger partial charge in [0.15, 0.2) is 0 Å². The van der Waals surface area contributed by atoms with E-state index in [0.717, 1.165) is 37.7 Å². The van der Waals surface area contributed by atoms with Gasteiger partial charge in [0.2, 0.25) is 0 Å². The molecule has 0 bridgehead atoms. The first-order valence-corrected chi connectivity index (χ1v) is 7.32. The quantitative estimate of drug-likeness (QED) is 0.653. The maximum absolute atomic E-state index is 5.10. The zero-order chi connectivity index (χ0) is 15.9. The number of hydrogen-bond donors (Lipinski definition) is 0. The molecular formula is C15H24N6O. The van der Waals surface area contributed by atoms with E-state index in [-0.39, 0.29) is 0 Å². The number of hydrogen-bond acceptors (Lipinski definition) is 5. The molecule has 120 valence electrons. The van der Waals surface area contributed by atoms with Gasteiger partial charge in [-0.1, -0.05) is 6.08 Å². The normalized spacial score (nSPS) is 11.3. The van der Waals surface area contributed by atoms with Crippen LogP contribution in [0.2, 0.25) is 0 Å². The number of aromatic nitrogens is 5. The van der Waals surface area contributed by atoms with Gasteiger partial charge in [0.1, 0.15) is 12.2 Å². The van der Waals surface area contributed by atoms with Crippen LogP contribution in [0.4, 0.5) is 0 Å². The molecule has 0 amide bonds. The maximum Gasteiger partial charge on any atom is 0.147 e. The Morgan fingerprint density at radius 2 is 2.23 bits per heavy atom. The van der Waals surface area contributed by atoms with Crippen LogP contribution < -0.4 is 0 Å². The van der Waals surface area contributed by atoms with Gasteiger partial charge in [0, 0.05) is 32.0 Å². The molecule has 2 aromatic heterocycles. The minimum absolute atomic E-state index is 0.655. The van der Waals surface area contributed by atoms with Crippen LogP contribution in [0.3, 0.4) is 0 Å². The number of rotatable bonds is 9. The van der Waals surface area contributed by atoms with Gasteiger partial charge in [-0.25, -0.2) is 0 Å². The van der Waals surface area contributed by atoms with E-state index >= 15 is 0 Å². The van der Waals surface area contributed by atoms with E-state index in [0.29, 0.717) is 6.61 Å². The van der Waals surface area contributed by atoms with E-state index in [1.807, 2.05) is 22.2 Å². The summed E-state index contributed by atoms with van der Waals surface area (Å²) in [7, 11) is 3.76. The van der Waals surface area contributed by atoms with E-state index in [2.05, 4.69) is 40.0 Å². The monoisotopic (exact) mass is 304 g/mol. The zero-order valence-corrected chi connectivity index (χ0v) is 13.6. The minimum atomic E-state index is 0.655. The minimum Gasteiger partial charge on any atom is -0.383 e. The van der Waals surface area contributed by atoms with E-state index in [1.165, 1.54) is 5.56 Å². The SMILES string of the molecule is C=CCn1cc(CN(C)Cc2nncn2CCOC)c(C)n1. The summed E-state index contributed by atoms with van der Waals surface area (Å²) in [5, 5.41) is 12.7. The van der Waals surface area contributed by atoms with E-state index in [4.69, 9.17) is 4.74 Å². The van der Waals surface area contributed by atoms with Gasteiger partial charge < -0.3 is 9.30 Å². The number of aryl methyl sites for hydroxylation is 1. The fraction of sp³-hybridized carbons (Fsp3) is 0.533. The molecule has 0 atom stereocenters. The van der Waals surface area contributed by atoms with Crippen molar-refractivity contribution in [3.63, 3.8) is 0 Å². The van der Waals surface area contributed by atoms with Crippen LogP contribution in [0.25, 0.3) is 0 Å². The Kier molecular flexibility index (Phi) is 5.85. The zero-order valence-electron chi connectivity index (χ0n) is 13.6. The van der Waals surface area contributed by atoms with Crippen LogP contribution in [-0.4, -0.2) is 50.2 Å². The Morgan fingerprint density at radius 1 is 1.41 bits per heavy atom. The molecule has 7 nitrogen and oxygen atoms in total. The summed E-state index contributed by atoms with van der Waals surface area (Å²) in [6, 6.07) is 0. The third-order valence-electron chi connectivity index (χ3n) is 3.45. The number of allylic oxidation sites excluding steroid dienone is 1. The molecular weight excluding hydrogens is 280 g/mol. The molecule has 0 spiro atoms. The molecule has 0 radical (unpaired) electrons. The summed E-state index contributed by atoms with van der Waals surface area (Å²) in [5.41, 5.74) is 2.27. The fourth-order valence-electron chi connectivity index (χ4n) is 2.31. The van der Waals surface area contributed by atoms with E-state index in [9.17, 15) is 0 Å². The van der Waals surface area contributed by atoms with Gasteiger partial charge in [0.05, 0.1) is 25.4 Å². The van der Waals surface area contributed by atoms with Gasteiger partial charge in [-0.2, -0.15) is 5.10 Å². The second kappa shape index (κ2) is 7.86. The summed E-state index contributed by atoms with van der Waals surface area (Å²) in [5.74, 6) is 0.940. The van der Waals surface area contributed by atoms with Crippen molar-refractivity contribution < 1.29 is 4.74 Å². The number of methoxy groups -OCH3 is 1. The first-order chi connectivity index (χ1) is 10.6. The standard InChI is InChI=1S/C15H24N6O/c1-5-6-21-10-14(13(2)18-21)9-19(3)11-15-17-16-12-20(15)7-8-22-4/h5,10,12H,1,6-9,11H2,2-4H3. The lowest BCUT2D eigenvalue weighted by atomic mass is 10.2. The molecule has 0 aliphatic heterocycles. The van der Waals surface area contributed by atoms with Crippen LogP contribution in [0.15, 0.2) is 25.2 Å². The largest absolute Gasteiger partial charge is 0.383 e. The van der Waals surface area contributed by atoms with Crippen LogP contribution >= 0.6 is 0 Å². The molecule has 0 saturated heterocycles. The Labute approximate surface area is 131 Å². The maximum atomic E-state index is 5.10. The molecule has 0 saturated carbocycles. The van der Waals surface area contributed by atoms with E-state index in [1.54, 1.807) is 13.4 Å². The summed E-state index contributed by atoms with van der Waals surface area (Å²) in [6.45, 7) is 9.48. The summed E-state index contributed by atoms with van der Waals surface area (Å²) in [4.78, 5) is 2.20. The lowest BCUT2D eigenvalue weighted by molar-refractivity contribution is 0.184. The van der Waals surface area contributed by atoms with Crippen LogP contribution in [-0.2, 0) is 30.9 Å². The third-order valence-corrected chi connectivity index (χ3v) is 3.45. The molecule has 22 heavy (non-hydrogen) atoms. The highest BCUT2D eigenvalue weighted by Crippen LogP contribution is 2.10. The average molecular weight is 304 g/mol. The highest BCUT2D eigenvalue weighted by Gasteiger charge is 2.11. The number of nitrogens with zero attached hydrogens (tertiary/aromatic N) is 6. The molecule has 7 heteroatoms. The van der Waals surface area contributed by atoms with Gasteiger partial charge in [0.25, 0.3) is 0 Å². The lowest BCUT2D eigenvalue weighted by Gasteiger charge is -2.16. The molecule has 0 aliphatic carbocycles. The molecule has 0 aromatic carbocycles. The van der Waals surface area contributed by atoms with Crippen molar-refractivity contribution in [2.75, 3.05) is 20.8 Å². The van der Waals surface area contributed by atoms with Gasteiger partial charge in [-0.05, 0) is 14.0 Å². The summed E-state index contributed by atoms with van der Waals surface area (Å²) < 4.78 is 9.03. The van der Waals surface area contributed by atoms with E-state index < -0.39 is 0 Å². The molecule has 2 rings (SSSR count). The Bertz CT molecular complexity index is 603. The van der Waals surface area contributed by atoms with Gasteiger partial charge >= 0.3 is 0 Å². The molecule has 0 aliphatic rings. The van der Waals surface area contributed by atoms with Crippen molar-refractivity contribution in [1.82, 2.24) is 29.4 Å². The molecule has 2 heterocycles. The molecule has 0 N–H and O–H groups in total. The van der Waals surface area contributed by atoms with Gasteiger partial charge in [-0.15, -0.1) is 16.8 Å². The summed E-state index contributed by atoms with van der Waals surface area (Å²) >= 11 is 0. The average Bonchev–Trinajstić information content (AvgIpc) is 3.04. The Morgan fingerprint density at radius 3 is 2.95 bits per heavy atom. The van der Waals surface area contributed by atoms with Crippen LogP contribution in [0.1, 0.15) is 17.1 Å². The summed E-state index contributed by atoms with van der Waals surface area (Å²) in [6.07, 6.45) is 5.66. The highest BCUT2D eigenvalue weighted by molar-refractivity contribution is 5.15. The first-order valence-electron chi connectivity index (χ1n) is 7.32. The smallest absolute Gasteiger partial charge is 0.147 e. The van der Waals surface area contributed by atoms with Gasteiger partial charge in [-0.3, -0.25) is 9.58 Å². The van der Waals surface area contributed by atoms with Crippen molar-refractivity contribution >= 4 is 0 Å².